The minimum absolute atomic E-state index is 0.177. The number of carbonyl (C=O) groups is 1. The highest BCUT2D eigenvalue weighted by Gasteiger charge is 2.28. The number of aliphatic hydroxyl groups is 1. The van der Waals surface area contributed by atoms with E-state index in [9.17, 15) is 9.90 Å². The fraction of sp³-hybridized carbons (Fsp3) is 0.385. The molecule has 0 saturated heterocycles. The summed E-state index contributed by atoms with van der Waals surface area (Å²) < 4.78 is 0.878. The number of hydrogen-bond donors (Lipinski definition) is 1. The highest BCUT2D eigenvalue weighted by atomic mass is 127. The second-order valence-electron chi connectivity index (χ2n) is 4.35. The molecule has 0 aliphatic rings. The topological polar surface area (TPSA) is 41.7 Å². The molecule has 0 heterocycles. The summed E-state index contributed by atoms with van der Waals surface area (Å²) in [6.45, 7) is 10.4. The first-order valence-corrected chi connectivity index (χ1v) is 7.50. The highest BCUT2D eigenvalue weighted by Crippen LogP contribution is 2.26. The number of nitrogens with zero attached hydrogens (tertiary/aromatic N) is 1. The Hall–Kier alpha value is -0.450. The lowest BCUT2D eigenvalue weighted by Gasteiger charge is -2.19. The van der Waals surface area contributed by atoms with Crippen LogP contribution >= 0.6 is 38.5 Å². The van der Waals surface area contributed by atoms with Crippen LogP contribution in [0.25, 0.3) is 4.85 Å². The molecule has 0 bridgehead atoms. The molecule has 0 aliphatic heterocycles. The lowest BCUT2D eigenvalue weighted by atomic mass is 9.96. The summed E-state index contributed by atoms with van der Waals surface area (Å²) in [5.41, 5.74) is 0.955. The quantitative estimate of drug-likeness (QED) is 0.460. The molecule has 96 valence electrons. The van der Waals surface area contributed by atoms with Crippen LogP contribution in [0.15, 0.2) is 12.1 Å². The van der Waals surface area contributed by atoms with Crippen molar-refractivity contribution >= 4 is 50.0 Å². The summed E-state index contributed by atoms with van der Waals surface area (Å²) in [7, 11) is 0. The van der Waals surface area contributed by atoms with Crippen LogP contribution in [0.4, 0.5) is 5.69 Å². The van der Waals surface area contributed by atoms with Gasteiger partial charge in [-0.15, -0.1) is 0 Å². The van der Waals surface area contributed by atoms with Gasteiger partial charge in [-0.3, -0.25) is 4.79 Å². The smallest absolute Gasteiger partial charge is 0.191 e. The van der Waals surface area contributed by atoms with E-state index in [0.29, 0.717) is 5.69 Å². The van der Waals surface area contributed by atoms with E-state index in [2.05, 4.69) is 43.4 Å². The molecular weight excluding hydrogens is 409 g/mol. The number of benzene rings is 1. The highest BCUT2D eigenvalue weighted by molar-refractivity contribution is 14.1. The molecule has 0 amide bonds. The SMILES string of the molecule is [C-]#[N+]c1cc(I)c(CC(=O)[C@@](C)(O)CBr)cc1C. The van der Waals surface area contributed by atoms with Crippen molar-refractivity contribution in [3.63, 3.8) is 0 Å². The zero-order valence-corrected chi connectivity index (χ0v) is 13.9. The number of aryl methyl sites for hydroxylation is 1. The van der Waals surface area contributed by atoms with Gasteiger partial charge in [0.05, 0.1) is 6.57 Å². The van der Waals surface area contributed by atoms with E-state index >= 15 is 0 Å². The number of Topliss-reactive ketones (excluding diaryl/α,β-unsaturated/α-hetero) is 1. The fourth-order valence-electron chi connectivity index (χ4n) is 1.42. The summed E-state index contributed by atoms with van der Waals surface area (Å²) in [5.74, 6) is -0.229. The normalized spacial score (nSPS) is 13.8. The molecule has 1 aromatic carbocycles. The molecule has 0 aromatic heterocycles. The molecule has 0 radical (unpaired) electrons. The number of carbonyl (C=O) groups excluding carboxylic acids is 1. The van der Waals surface area contributed by atoms with Gasteiger partial charge in [0.2, 0.25) is 0 Å². The Balaban J connectivity index is 3.04. The molecule has 5 heteroatoms. The molecule has 0 saturated carbocycles. The molecule has 3 nitrogen and oxygen atoms in total. The Morgan fingerprint density at radius 3 is 2.72 bits per heavy atom. The van der Waals surface area contributed by atoms with Crippen molar-refractivity contribution in [2.24, 2.45) is 0 Å². The third-order valence-electron chi connectivity index (χ3n) is 2.70. The number of alkyl halides is 1. The van der Waals surface area contributed by atoms with Crippen molar-refractivity contribution in [1.82, 2.24) is 0 Å². The summed E-state index contributed by atoms with van der Waals surface area (Å²) in [6.07, 6.45) is 0.177. The van der Waals surface area contributed by atoms with E-state index in [1.54, 1.807) is 6.07 Å². The van der Waals surface area contributed by atoms with Crippen LogP contribution < -0.4 is 0 Å². The summed E-state index contributed by atoms with van der Waals surface area (Å²) >= 11 is 5.24. The predicted molar refractivity (Wildman–Crippen MR) is 83.3 cm³/mol. The molecule has 1 N–H and O–H groups in total. The zero-order chi connectivity index (χ0) is 13.9. The molecule has 18 heavy (non-hydrogen) atoms. The van der Waals surface area contributed by atoms with Crippen molar-refractivity contribution in [1.29, 1.82) is 0 Å². The van der Waals surface area contributed by atoms with E-state index in [-0.39, 0.29) is 17.5 Å². The van der Waals surface area contributed by atoms with Gasteiger partial charge in [-0.2, -0.15) is 0 Å². The number of hydrogen-bond acceptors (Lipinski definition) is 2. The Bertz CT molecular complexity index is 520. The van der Waals surface area contributed by atoms with Crippen LogP contribution in [0.5, 0.6) is 0 Å². The maximum Gasteiger partial charge on any atom is 0.191 e. The first kappa shape index (κ1) is 15.6. The fourth-order valence-corrected chi connectivity index (χ4v) is 2.38. The minimum Gasteiger partial charge on any atom is -0.381 e. The van der Waals surface area contributed by atoms with Crippen molar-refractivity contribution in [3.8, 4) is 0 Å². The van der Waals surface area contributed by atoms with Gasteiger partial charge in [-0.05, 0) is 53.6 Å². The first-order valence-electron chi connectivity index (χ1n) is 5.30. The van der Waals surface area contributed by atoms with Crippen molar-refractivity contribution in [3.05, 3.63) is 38.2 Å². The summed E-state index contributed by atoms with van der Waals surface area (Å²) in [4.78, 5) is 15.4. The summed E-state index contributed by atoms with van der Waals surface area (Å²) in [5, 5.41) is 10.1. The van der Waals surface area contributed by atoms with Crippen molar-refractivity contribution < 1.29 is 9.90 Å². The Morgan fingerprint density at radius 2 is 2.22 bits per heavy atom. The van der Waals surface area contributed by atoms with Gasteiger partial charge in [-0.1, -0.05) is 22.0 Å². The molecule has 0 spiro atoms. The second kappa shape index (κ2) is 6.13. The Morgan fingerprint density at radius 1 is 1.61 bits per heavy atom. The molecule has 1 aromatic rings. The zero-order valence-electron chi connectivity index (χ0n) is 10.1. The van der Waals surface area contributed by atoms with E-state index in [4.69, 9.17) is 6.57 Å². The first-order chi connectivity index (χ1) is 8.31. The van der Waals surface area contributed by atoms with E-state index in [1.165, 1.54) is 6.92 Å². The van der Waals surface area contributed by atoms with Gasteiger partial charge in [0, 0.05) is 15.3 Å². The monoisotopic (exact) mass is 421 g/mol. The number of rotatable bonds is 4. The molecular formula is C13H13BrINO2. The number of ketones is 1. The largest absolute Gasteiger partial charge is 0.381 e. The average molecular weight is 422 g/mol. The van der Waals surface area contributed by atoms with Crippen LogP contribution in [0.2, 0.25) is 0 Å². The van der Waals surface area contributed by atoms with E-state index < -0.39 is 5.60 Å². The van der Waals surface area contributed by atoms with Crippen LogP contribution in [0.3, 0.4) is 0 Å². The average Bonchev–Trinajstić information content (AvgIpc) is 2.33. The summed E-state index contributed by atoms with van der Waals surface area (Å²) in [6, 6.07) is 3.62. The van der Waals surface area contributed by atoms with E-state index in [0.717, 1.165) is 14.7 Å². The van der Waals surface area contributed by atoms with Gasteiger partial charge in [0.25, 0.3) is 0 Å². The van der Waals surface area contributed by atoms with Crippen LogP contribution in [0, 0.1) is 17.1 Å². The van der Waals surface area contributed by atoms with Gasteiger partial charge >= 0.3 is 0 Å². The van der Waals surface area contributed by atoms with Crippen molar-refractivity contribution in [2.45, 2.75) is 25.9 Å². The molecule has 0 unspecified atom stereocenters. The van der Waals surface area contributed by atoms with Crippen molar-refractivity contribution in [2.75, 3.05) is 5.33 Å². The molecule has 0 fully saturated rings. The third kappa shape index (κ3) is 3.53. The minimum atomic E-state index is -1.35. The lowest BCUT2D eigenvalue weighted by molar-refractivity contribution is -0.132. The maximum atomic E-state index is 11.9. The Labute approximate surface area is 129 Å². The van der Waals surface area contributed by atoms with Gasteiger partial charge in [-0.25, -0.2) is 4.85 Å². The second-order valence-corrected chi connectivity index (χ2v) is 6.07. The van der Waals surface area contributed by atoms with E-state index in [1.807, 2.05) is 13.0 Å². The molecule has 1 rings (SSSR count). The standard InChI is InChI=1S/C13H13BrINO2/c1-8-4-9(10(15)6-11(8)16-3)5-12(17)13(2,18)7-14/h4,6,18H,5,7H2,1-2H3/t13-/m0/s1. The number of halogens is 2. The van der Waals surface area contributed by atoms with Gasteiger partial charge in [0.1, 0.15) is 5.60 Å². The molecule has 0 aliphatic carbocycles. The predicted octanol–water partition coefficient (Wildman–Crippen LogP) is 3.41. The third-order valence-corrected chi connectivity index (χ3v) is 4.79. The molecule has 1 atom stereocenters. The lowest BCUT2D eigenvalue weighted by Crippen LogP contribution is -2.38. The van der Waals surface area contributed by atoms with Crippen LogP contribution in [-0.2, 0) is 11.2 Å². The Kier molecular flexibility index (Phi) is 5.32. The van der Waals surface area contributed by atoms with Crippen LogP contribution in [0.1, 0.15) is 18.1 Å². The van der Waals surface area contributed by atoms with Crippen LogP contribution in [-0.4, -0.2) is 21.8 Å². The maximum absolute atomic E-state index is 11.9. The van der Waals surface area contributed by atoms with Gasteiger partial charge in [0.15, 0.2) is 11.5 Å². The van der Waals surface area contributed by atoms with Gasteiger partial charge < -0.3 is 5.11 Å².